The van der Waals surface area contributed by atoms with Gasteiger partial charge in [0.1, 0.15) is 0 Å². The van der Waals surface area contributed by atoms with E-state index in [1.165, 1.54) is 28.7 Å². The predicted octanol–water partition coefficient (Wildman–Crippen LogP) is 2.91. The standard InChI is InChI=1S/C13H22BrN3/c1-4-10-12(14)11(17(5-2)16-10)9-13(3)7-6-8-15-13/h15H,4-9H2,1-3H3. The van der Waals surface area contributed by atoms with Crippen molar-refractivity contribution in [3.05, 3.63) is 15.9 Å². The molecule has 2 heterocycles. The van der Waals surface area contributed by atoms with Gasteiger partial charge in [0, 0.05) is 18.5 Å². The van der Waals surface area contributed by atoms with Crippen LogP contribution in [0.1, 0.15) is 45.0 Å². The van der Waals surface area contributed by atoms with Crippen LogP contribution in [0.25, 0.3) is 0 Å². The number of aryl methyl sites for hydroxylation is 2. The molecule has 1 fully saturated rings. The summed E-state index contributed by atoms with van der Waals surface area (Å²) in [4.78, 5) is 0. The molecule has 0 aliphatic carbocycles. The molecule has 0 bridgehead atoms. The maximum atomic E-state index is 4.66. The fraction of sp³-hybridized carbons (Fsp3) is 0.769. The summed E-state index contributed by atoms with van der Waals surface area (Å²) in [5.74, 6) is 0. The van der Waals surface area contributed by atoms with Gasteiger partial charge in [0.15, 0.2) is 0 Å². The van der Waals surface area contributed by atoms with Gasteiger partial charge >= 0.3 is 0 Å². The Labute approximate surface area is 112 Å². The van der Waals surface area contributed by atoms with Gasteiger partial charge in [-0.25, -0.2) is 0 Å². The third-order valence-corrected chi connectivity index (χ3v) is 4.62. The van der Waals surface area contributed by atoms with Gasteiger partial charge in [-0.05, 0) is 55.6 Å². The topological polar surface area (TPSA) is 29.9 Å². The Morgan fingerprint density at radius 2 is 2.24 bits per heavy atom. The van der Waals surface area contributed by atoms with E-state index in [2.05, 4.69) is 51.8 Å². The lowest BCUT2D eigenvalue weighted by Gasteiger charge is -2.24. The second-order valence-electron chi connectivity index (χ2n) is 5.14. The average molecular weight is 300 g/mol. The molecule has 1 aliphatic heterocycles. The number of nitrogens with zero attached hydrogens (tertiary/aromatic N) is 2. The Balaban J connectivity index is 2.27. The van der Waals surface area contributed by atoms with Gasteiger partial charge in [-0.15, -0.1) is 0 Å². The van der Waals surface area contributed by atoms with Crippen molar-refractivity contribution in [3.63, 3.8) is 0 Å². The largest absolute Gasteiger partial charge is 0.311 e. The maximum absolute atomic E-state index is 4.66. The molecule has 1 N–H and O–H groups in total. The van der Waals surface area contributed by atoms with Crippen molar-refractivity contribution < 1.29 is 0 Å². The fourth-order valence-corrected chi connectivity index (χ4v) is 3.37. The van der Waals surface area contributed by atoms with Crippen LogP contribution in [0.3, 0.4) is 0 Å². The summed E-state index contributed by atoms with van der Waals surface area (Å²) in [7, 11) is 0. The van der Waals surface area contributed by atoms with Crippen LogP contribution < -0.4 is 5.32 Å². The molecule has 1 aromatic rings. The summed E-state index contributed by atoms with van der Waals surface area (Å²) in [6.45, 7) is 8.74. The van der Waals surface area contributed by atoms with E-state index >= 15 is 0 Å². The molecule has 96 valence electrons. The molecule has 1 aliphatic rings. The molecule has 0 radical (unpaired) electrons. The maximum Gasteiger partial charge on any atom is 0.0766 e. The van der Waals surface area contributed by atoms with Crippen molar-refractivity contribution in [3.8, 4) is 0 Å². The van der Waals surface area contributed by atoms with Crippen molar-refractivity contribution >= 4 is 15.9 Å². The summed E-state index contributed by atoms with van der Waals surface area (Å²) in [5, 5.41) is 8.29. The first kappa shape index (κ1) is 13.1. The highest BCUT2D eigenvalue weighted by atomic mass is 79.9. The van der Waals surface area contributed by atoms with Crippen LogP contribution >= 0.6 is 15.9 Å². The van der Waals surface area contributed by atoms with Gasteiger partial charge in [0.05, 0.1) is 15.9 Å². The quantitative estimate of drug-likeness (QED) is 0.926. The third kappa shape index (κ3) is 2.58. The summed E-state index contributed by atoms with van der Waals surface area (Å²) < 4.78 is 3.37. The number of aromatic nitrogens is 2. The lowest BCUT2D eigenvalue weighted by molar-refractivity contribution is 0.397. The normalized spacial score (nSPS) is 24.5. The SMILES string of the molecule is CCc1nn(CC)c(CC2(C)CCCN2)c1Br. The Morgan fingerprint density at radius 1 is 1.47 bits per heavy atom. The Hall–Kier alpha value is -0.350. The molecule has 0 spiro atoms. The van der Waals surface area contributed by atoms with E-state index in [4.69, 9.17) is 0 Å². The lowest BCUT2D eigenvalue weighted by atomic mass is 9.94. The van der Waals surface area contributed by atoms with Gasteiger partial charge in [0.25, 0.3) is 0 Å². The number of hydrogen-bond acceptors (Lipinski definition) is 2. The molecular weight excluding hydrogens is 278 g/mol. The zero-order valence-electron chi connectivity index (χ0n) is 11.0. The third-order valence-electron chi connectivity index (χ3n) is 3.71. The zero-order valence-corrected chi connectivity index (χ0v) is 12.6. The highest BCUT2D eigenvalue weighted by molar-refractivity contribution is 9.10. The first-order chi connectivity index (χ1) is 8.09. The van der Waals surface area contributed by atoms with Crippen molar-refractivity contribution in [1.82, 2.24) is 15.1 Å². The van der Waals surface area contributed by atoms with Gasteiger partial charge < -0.3 is 5.32 Å². The van der Waals surface area contributed by atoms with Crippen LogP contribution in [0.5, 0.6) is 0 Å². The van der Waals surface area contributed by atoms with Crippen LogP contribution in [-0.4, -0.2) is 21.9 Å². The van der Waals surface area contributed by atoms with Crippen LogP contribution in [-0.2, 0) is 19.4 Å². The van der Waals surface area contributed by atoms with Crippen molar-refractivity contribution in [1.29, 1.82) is 0 Å². The number of halogens is 1. The molecule has 1 atom stereocenters. The minimum absolute atomic E-state index is 0.250. The molecular formula is C13H22BrN3. The molecule has 4 heteroatoms. The summed E-state index contributed by atoms with van der Waals surface area (Å²) in [6, 6.07) is 0. The van der Waals surface area contributed by atoms with Crippen LogP contribution in [0.2, 0.25) is 0 Å². The molecule has 1 unspecified atom stereocenters. The Kier molecular flexibility index (Phi) is 3.93. The smallest absolute Gasteiger partial charge is 0.0766 e. The van der Waals surface area contributed by atoms with E-state index < -0.39 is 0 Å². The molecule has 17 heavy (non-hydrogen) atoms. The van der Waals surface area contributed by atoms with Gasteiger partial charge in [-0.1, -0.05) is 6.92 Å². The number of nitrogens with one attached hydrogen (secondary N) is 1. The van der Waals surface area contributed by atoms with Crippen LogP contribution in [0, 0.1) is 0 Å². The van der Waals surface area contributed by atoms with E-state index in [9.17, 15) is 0 Å². The Bertz CT molecular complexity index is 392. The monoisotopic (exact) mass is 299 g/mol. The van der Waals surface area contributed by atoms with Crippen molar-refractivity contribution in [2.75, 3.05) is 6.54 Å². The molecule has 1 aromatic heterocycles. The predicted molar refractivity (Wildman–Crippen MR) is 74.3 cm³/mol. The summed E-state index contributed by atoms with van der Waals surface area (Å²) in [6.07, 6.45) is 4.60. The van der Waals surface area contributed by atoms with Crippen molar-refractivity contribution in [2.45, 2.75) is 58.5 Å². The van der Waals surface area contributed by atoms with E-state index in [1.54, 1.807) is 0 Å². The summed E-state index contributed by atoms with van der Waals surface area (Å²) >= 11 is 3.72. The van der Waals surface area contributed by atoms with Crippen LogP contribution in [0.15, 0.2) is 4.47 Å². The lowest BCUT2D eigenvalue weighted by Crippen LogP contribution is -2.39. The van der Waals surface area contributed by atoms with Gasteiger partial charge in [-0.2, -0.15) is 5.10 Å². The first-order valence-corrected chi connectivity index (χ1v) is 7.38. The number of rotatable bonds is 4. The Morgan fingerprint density at radius 3 is 2.76 bits per heavy atom. The zero-order chi connectivity index (χ0) is 12.5. The highest BCUT2D eigenvalue weighted by Crippen LogP contribution is 2.29. The molecule has 0 saturated carbocycles. The fourth-order valence-electron chi connectivity index (χ4n) is 2.66. The first-order valence-electron chi connectivity index (χ1n) is 6.58. The molecule has 2 rings (SSSR count). The van der Waals surface area contributed by atoms with Gasteiger partial charge in [-0.3, -0.25) is 4.68 Å². The van der Waals surface area contributed by atoms with Crippen LogP contribution in [0.4, 0.5) is 0 Å². The second kappa shape index (κ2) is 5.11. The minimum atomic E-state index is 0.250. The number of hydrogen-bond donors (Lipinski definition) is 1. The van der Waals surface area contributed by atoms with E-state index in [1.807, 2.05) is 0 Å². The van der Waals surface area contributed by atoms with Crippen molar-refractivity contribution in [2.24, 2.45) is 0 Å². The minimum Gasteiger partial charge on any atom is -0.311 e. The average Bonchev–Trinajstić information content (AvgIpc) is 2.86. The molecule has 0 aromatic carbocycles. The molecule has 1 saturated heterocycles. The molecule has 3 nitrogen and oxygen atoms in total. The van der Waals surface area contributed by atoms with E-state index in [0.717, 1.165) is 25.9 Å². The van der Waals surface area contributed by atoms with E-state index in [-0.39, 0.29) is 5.54 Å². The van der Waals surface area contributed by atoms with E-state index in [0.29, 0.717) is 0 Å². The van der Waals surface area contributed by atoms with Gasteiger partial charge in [0.2, 0.25) is 0 Å². The summed E-state index contributed by atoms with van der Waals surface area (Å²) in [5.41, 5.74) is 2.78. The second-order valence-corrected chi connectivity index (χ2v) is 5.94. The highest BCUT2D eigenvalue weighted by Gasteiger charge is 2.30. The molecule has 0 amide bonds.